The van der Waals surface area contributed by atoms with E-state index in [0.717, 1.165) is 6.42 Å². The summed E-state index contributed by atoms with van der Waals surface area (Å²) in [6.07, 6.45) is 0.895. The molecule has 2 N–H and O–H groups in total. The van der Waals surface area contributed by atoms with E-state index in [1.165, 1.54) is 12.1 Å². The molecule has 4 nitrogen and oxygen atoms in total. The largest absolute Gasteiger partial charge is 0.504 e. The number of alkyl halides is 1. The van der Waals surface area contributed by atoms with Crippen LogP contribution in [-0.4, -0.2) is 38.9 Å². The van der Waals surface area contributed by atoms with E-state index in [9.17, 15) is 15.0 Å². The van der Waals surface area contributed by atoms with Crippen LogP contribution in [0.5, 0.6) is 11.5 Å². The summed E-state index contributed by atoms with van der Waals surface area (Å²) >= 11 is 3.59. The van der Waals surface area contributed by atoms with E-state index in [4.69, 9.17) is 0 Å². The smallest absolute Gasteiger partial charge is 0.257 e. The molecule has 18 heavy (non-hydrogen) atoms. The van der Waals surface area contributed by atoms with Gasteiger partial charge in [-0.1, -0.05) is 28.9 Å². The van der Waals surface area contributed by atoms with Gasteiger partial charge in [-0.2, -0.15) is 0 Å². The Labute approximate surface area is 114 Å². The van der Waals surface area contributed by atoms with Crippen molar-refractivity contribution in [2.24, 2.45) is 5.92 Å². The van der Waals surface area contributed by atoms with Crippen molar-refractivity contribution in [2.75, 3.05) is 13.1 Å². The number of phenols is 2. The van der Waals surface area contributed by atoms with Crippen molar-refractivity contribution in [2.45, 2.75) is 18.2 Å². The lowest BCUT2D eigenvalue weighted by atomic mass is 9.99. The van der Waals surface area contributed by atoms with E-state index in [-0.39, 0.29) is 23.0 Å². The maximum Gasteiger partial charge on any atom is 0.257 e. The van der Waals surface area contributed by atoms with Crippen molar-refractivity contribution in [1.82, 2.24) is 4.90 Å². The highest BCUT2D eigenvalue weighted by Gasteiger charge is 2.28. The Balaban J connectivity index is 2.19. The number of halogens is 1. The molecule has 0 aromatic heterocycles. The number of rotatable bonds is 1. The zero-order valence-electron chi connectivity index (χ0n) is 10.1. The number of carbonyl (C=O) groups excluding carboxylic acids is 1. The fraction of sp³-hybridized carbons (Fsp3) is 0.462. The second kappa shape index (κ2) is 5.18. The van der Waals surface area contributed by atoms with E-state index in [2.05, 4.69) is 22.9 Å². The van der Waals surface area contributed by atoms with Gasteiger partial charge in [-0.15, -0.1) is 0 Å². The van der Waals surface area contributed by atoms with Gasteiger partial charge in [0.2, 0.25) is 0 Å². The fourth-order valence-corrected chi connectivity index (χ4v) is 2.55. The van der Waals surface area contributed by atoms with Crippen LogP contribution in [0.4, 0.5) is 0 Å². The standard InChI is InChI=1S/C13H16BrNO3/c1-8-7-15(6-5-10(8)14)13(18)9-3-2-4-11(16)12(9)17/h2-4,8,10,16-17H,5-7H2,1H3. The average molecular weight is 314 g/mol. The van der Waals surface area contributed by atoms with Crippen molar-refractivity contribution in [3.63, 3.8) is 0 Å². The first-order valence-electron chi connectivity index (χ1n) is 5.95. The number of piperidine rings is 1. The molecule has 5 heteroatoms. The quantitative estimate of drug-likeness (QED) is 0.618. The Morgan fingerprint density at radius 2 is 2.17 bits per heavy atom. The Hall–Kier alpha value is -1.23. The lowest BCUT2D eigenvalue weighted by Crippen LogP contribution is -2.43. The first-order valence-corrected chi connectivity index (χ1v) is 6.86. The fourth-order valence-electron chi connectivity index (χ4n) is 2.18. The second-order valence-electron chi connectivity index (χ2n) is 4.71. The third-order valence-corrected chi connectivity index (χ3v) is 4.69. The summed E-state index contributed by atoms with van der Waals surface area (Å²) in [6.45, 7) is 3.40. The maximum atomic E-state index is 12.3. The minimum atomic E-state index is -0.337. The molecule has 1 aromatic carbocycles. The molecule has 1 fully saturated rings. The zero-order valence-corrected chi connectivity index (χ0v) is 11.7. The third kappa shape index (κ3) is 2.46. The molecular weight excluding hydrogens is 298 g/mol. The van der Waals surface area contributed by atoms with Gasteiger partial charge in [0.05, 0.1) is 5.56 Å². The normalized spacial score (nSPS) is 24.0. The number of nitrogens with zero attached hydrogens (tertiary/aromatic N) is 1. The lowest BCUT2D eigenvalue weighted by molar-refractivity contribution is 0.0687. The number of hydrogen-bond acceptors (Lipinski definition) is 3. The number of likely N-dealkylation sites (tertiary alicyclic amines) is 1. The minimum Gasteiger partial charge on any atom is -0.504 e. The summed E-state index contributed by atoms with van der Waals surface area (Å²) in [4.78, 5) is 14.4. The van der Waals surface area contributed by atoms with Crippen LogP contribution in [0.2, 0.25) is 0 Å². The highest BCUT2D eigenvalue weighted by molar-refractivity contribution is 9.09. The molecule has 0 bridgehead atoms. The summed E-state index contributed by atoms with van der Waals surface area (Å²) in [7, 11) is 0. The van der Waals surface area contributed by atoms with Crippen molar-refractivity contribution < 1.29 is 15.0 Å². The molecule has 0 spiro atoms. The van der Waals surface area contributed by atoms with Crippen molar-refractivity contribution in [1.29, 1.82) is 0 Å². The molecule has 2 rings (SSSR count). The molecule has 2 unspecified atom stereocenters. The molecule has 0 saturated carbocycles. The molecule has 1 aliphatic heterocycles. The van der Waals surface area contributed by atoms with Crippen molar-refractivity contribution >= 4 is 21.8 Å². The number of benzene rings is 1. The first-order chi connectivity index (χ1) is 8.50. The van der Waals surface area contributed by atoms with Gasteiger partial charge < -0.3 is 15.1 Å². The Morgan fingerprint density at radius 3 is 2.83 bits per heavy atom. The van der Waals surface area contributed by atoms with E-state index in [0.29, 0.717) is 23.8 Å². The van der Waals surface area contributed by atoms with Crippen LogP contribution in [0.15, 0.2) is 18.2 Å². The number of hydrogen-bond donors (Lipinski definition) is 2. The maximum absolute atomic E-state index is 12.3. The average Bonchev–Trinajstić information content (AvgIpc) is 2.35. The van der Waals surface area contributed by atoms with Crippen LogP contribution >= 0.6 is 15.9 Å². The van der Waals surface area contributed by atoms with Gasteiger partial charge in [-0.3, -0.25) is 4.79 Å². The van der Waals surface area contributed by atoms with Crippen molar-refractivity contribution in [3.8, 4) is 11.5 Å². The number of carbonyl (C=O) groups is 1. The molecule has 1 aromatic rings. The zero-order chi connectivity index (χ0) is 13.3. The predicted molar refractivity (Wildman–Crippen MR) is 72.2 cm³/mol. The van der Waals surface area contributed by atoms with E-state index >= 15 is 0 Å². The van der Waals surface area contributed by atoms with Gasteiger partial charge in [0.1, 0.15) is 0 Å². The van der Waals surface area contributed by atoms with Gasteiger partial charge in [-0.05, 0) is 24.5 Å². The van der Waals surface area contributed by atoms with Crippen LogP contribution in [0.25, 0.3) is 0 Å². The number of para-hydroxylation sites is 1. The SMILES string of the molecule is CC1CN(C(=O)c2cccc(O)c2O)CCC1Br. The monoisotopic (exact) mass is 313 g/mol. The first kappa shape index (κ1) is 13.2. The number of phenolic OH excluding ortho intramolecular Hbond substituents is 2. The van der Waals surface area contributed by atoms with E-state index < -0.39 is 0 Å². The van der Waals surface area contributed by atoms with Crippen LogP contribution in [0, 0.1) is 5.92 Å². The van der Waals surface area contributed by atoms with E-state index in [1.807, 2.05) is 0 Å². The van der Waals surface area contributed by atoms with E-state index in [1.54, 1.807) is 11.0 Å². The number of amides is 1. The van der Waals surface area contributed by atoms with Gasteiger partial charge in [-0.25, -0.2) is 0 Å². The summed E-state index contributed by atoms with van der Waals surface area (Å²) in [5.74, 6) is -0.447. The minimum absolute atomic E-state index is 0.162. The van der Waals surface area contributed by atoms with Gasteiger partial charge in [0.15, 0.2) is 11.5 Å². The summed E-state index contributed by atoms with van der Waals surface area (Å²) in [5.41, 5.74) is 0.162. The van der Waals surface area contributed by atoms with Crippen molar-refractivity contribution in [3.05, 3.63) is 23.8 Å². The molecule has 0 aliphatic carbocycles. The third-order valence-electron chi connectivity index (χ3n) is 3.33. The topological polar surface area (TPSA) is 60.8 Å². The molecule has 98 valence electrons. The Morgan fingerprint density at radius 1 is 1.44 bits per heavy atom. The molecule has 1 heterocycles. The molecule has 0 radical (unpaired) electrons. The molecule has 1 saturated heterocycles. The Bertz CT molecular complexity index is 464. The second-order valence-corrected chi connectivity index (χ2v) is 5.88. The summed E-state index contributed by atoms with van der Waals surface area (Å²) < 4.78 is 0. The van der Waals surface area contributed by atoms with Gasteiger partial charge in [0.25, 0.3) is 5.91 Å². The van der Waals surface area contributed by atoms with Crippen LogP contribution in [0.1, 0.15) is 23.7 Å². The highest BCUT2D eigenvalue weighted by Crippen LogP contribution is 2.31. The van der Waals surface area contributed by atoms with Crippen LogP contribution in [-0.2, 0) is 0 Å². The Kier molecular flexibility index (Phi) is 3.80. The van der Waals surface area contributed by atoms with Crippen LogP contribution in [0.3, 0.4) is 0 Å². The number of aromatic hydroxyl groups is 2. The van der Waals surface area contributed by atoms with Gasteiger partial charge in [0, 0.05) is 17.9 Å². The lowest BCUT2D eigenvalue weighted by Gasteiger charge is -2.34. The molecular formula is C13H16BrNO3. The molecule has 2 atom stereocenters. The van der Waals surface area contributed by atoms with Gasteiger partial charge >= 0.3 is 0 Å². The molecule has 1 aliphatic rings. The predicted octanol–water partition coefficient (Wildman–Crippen LogP) is 2.34. The van der Waals surface area contributed by atoms with Crippen LogP contribution < -0.4 is 0 Å². The summed E-state index contributed by atoms with van der Waals surface area (Å²) in [5, 5.41) is 19.1. The summed E-state index contributed by atoms with van der Waals surface area (Å²) in [6, 6.07) is 4.45. The molecule has 1 amide bonds. The highest BCUT2D eigenvalue weighted by atomic mass is 79.9.